The lowest BCUT2D eigenvalue weighted by molar-refractivity contribution is 1.77. The van der Waals surface area contributed by atoms with E-state index >= 15 is 0 Å². The monoisotopic (exact) mass is 192 g/mol. The Bertz CT molecular complexity index is 224. The molecule has 0 aromatic heterocycles. The van der Waals surface area contributed by atoms with Crippen LogP contribution in [0.2, 0.25) is 5.02 Å². The van der Waals surface area contributed by atoms with Crippen molar-refractivity contribution in [3.05, 3.63) is 29.3 Å². The van der Waals surface area contributed by atoms with E-state index in [1.54, 1.807) is 12.1 Å². The Morgan fingerprint density at radius 2 is 1.70 bits per heavy atom. The fraction of sp³-hybridized carbons (Fsp3) is 0. The van der Waals surface area contributed by atoms with Gasteiger partial charge < -0.3 is 0 Å². The van der Waals surface area contributed by atoms with Crippen molar-refractivity contribution in [2.75, 3.05) is 0 Å². The third-order valence-corrected chi connectivity index (χ3v) is 1.95. The van der Waals surface area contributed by atoms with E-state index in [1.165, 1.54) is 0 Å². The zero-order valence-electron chi connectivity index (χ0n) is 5.02. The lowest BCUT2D eigenvalue weighted by Crippen LogP contribution is -2.18. The molecule has 0 aliphatic heterocycles. The highest BCUT2D eigenvalue weighted by Gasteiger charge is 2.11. The van der Waals surface area contributed by atoms with Gasteiger partial charge in [-0.15, -0.1) is 0 Å². The smallest absolute Gasteiger partial charge is 0.164 e. The van der Waals surface area contributed by atoms with Crippen molar-refractivity contribution in [1.82, 2.24) is 0 Å². The summed E-state index contributed by atoms with van der Waals surface area (Å²) in [5, 5.41) is 0.609. The van der Waals surface area contributed by atoms with E-state index in [1.807, 2.05) is 12.1 Å². The van der Waals surface area contributed by atoms with Gasteiger partial charge in [-0.25, -0.2) is 0 Å². The van der Waals surface area contributed by atoms with Crippen LogP contribution in [-0.4, -0.2) is 5.54 Å². The highest BCUT2D eigenvalue weighted by atomic mass is 35.5. The summed E-state index contributed by atoms with van der Waals surface area (Å²) in [5.41, 5.74) is 0.223. The summed E-state index contributed by atoms with van der Waals surface area (Å²) in [6.45, 7) is 0. The second kappa shape index (κ2) is 3.52. The zero-order valence-corrected chi connectivity index (χ0v) is 7.29. The Hall–Kier alpha value is 0.155. The molecule has 0 N–H and O–H groups in total. The Labute approximate surface area is 75.0 Å². The molecule has 0 amide bonds. The third-order valence-electron chi connectivity index (χ3n) is 1.14. The first-order valence-corrected chi connectivity index (χ1v) is 3.99. The Morgan fingerprint density at radius 1 is 1.10 bits per heavy atom. The minimum Gasteiger partial charge on any atom is -0.164 e. The van der Waals surface area contributed by atoms with Gasteiger partial charge in [-0.2, -0.15) is 22.9 Å². The predicted molar refractivity (Wildman–Crippen MR) is 48.5 cm³/mol. The molecule has 0 fully saturated rings. The highest BCUT2D eigenvalue weighted by Crippen LogP contribution is 2.08. The quantitative estimate of drug-likeness (QED) is 0.601. The van der Waals surface area contributed by atoms with Crippen LogP contribution < -0.4 is 5.46 Å². The van der Waals surface area contributed by atoms with Crippen LogP contribution in [0.4, 0.5) is 0 Å². The number of benzene rings is 1. The third kappa shape index (κ3) is 1.82. The molecular formula is C6H4BCl3. The van der Waals surface area contributed by atoms with Crippen LogP contribution in [0, 0.1) is 0 Å². The predicted octanol–water partition coefficient (Wildman–Crippen LogP) is 2.51. The normalized spacial score (nSPS) is 9.50. The van der Waals surface area contributed by atoms with Crippen molar-refractivity contribution in [1.29, 1.82) is 0 Å². The first kappa shape index (κ1) is 8.25. The van der Waals surface area contributed by atoms with Crippen molar-refractivity contribution < 1.29 is 0 Å². The SMILES string of the molecule is ClB(Cl)c1ccccc1Cl. The second-order valence-corrected chi connectivity index (χ2v) is 3.33. The van der Waals surface area contributed by atoms with Crippen molar-refractivity contribution in [2.24, 2.45) is 0 Å². The summed E-state index contributed by atoms with van der Waals surface area (Å²) in [6.07, 6.45) is 0. The largest absolute Gasteiger partial charge is 0.384 e. The molecule has 0 radical (unpaired) electrons. The number of rotatable bonds is 1. The molecule has 0 unspecified atom stereocenters. The summed E-state index contributed by atoms with van der Waals surface area (Å²) < 4.78 is 0. The van der Waals surface area contributed by atoms with Gasteiger partial charge in [0, 0.05) is 5.02 Å². The first-order valence-electron chi connectivity index (χ1n) is 2.74. The van der Waals surface area contributed by atoms with Crippen LogP contribution in [0.3, 0.4) is 0 Å². The van der Waals surface area contributed by atoms with Crippen LogP contribution in [0.25, 0.3) is 0 Å². The van der Waals surface area contributed by atoms with Gasteiger partial charge in [-0.1, -0.05) is 29.8 Å². The summed E-state index contributed by atoms with van der Waals surface area (Å²) >= 11 is 16.9. The van der Waals surface area contributed by atoms with E-state index in [0.717, 1.165) is 5.46 Å². The van der Waals surface area contributed by atoms with Gasteiger partial charge in [0.1, 0.15) is 0 Å². The summed E-state index contributed by atoms with van der Waals surface area (Å²) in [7, 11) is 0. The Balaban J connectivity index is 3.03. The molecule has 0 aliphatic carbocycles. The van der Waals surface area contributed by atoms with Crippen LogP contribution >= 0.6 is 34.5 Å². The molecule has 0 spiro atoms. The molecule has 1 aromatic rings. The Kier molecular flexibility index (Phi) is 2.90. The maximum absolute atomic E-state index is 5.75. The molecule has 52 valence electrons. The molecule has 0 heterocycles. The molecular weight excluding hydrogens is 189 g/mol. The summed E-state index contributed by atoms with van der Waals surface area (Å²) in [4.78, 5) is 0. The molecule has 0 nitrogen and oxygen atoms in total. The van der Waals surface area contributed by atoms with Crippen molar-refractivity contribution in [3.8, 4) is 0 Å². The molecule has 10 heavy (non-hydrogen) atoms. The molecule has 0 saturated carbocycles. The number of halogens is 3. The van der Waals surface area contributed by atoms with Crippen molar-refractivity contribution in [3.63, 3.8) is 0 Å². The summed E-state index contributed by atoms with van der Waals surface area (Å²) in [6, 6.07) is 7.24. The van der Waals surface area contributed by atoms with E-state index in [9.17, 15) is 0 Å². The van der Waals surface area contributed by atoms with Gasteiger partial charge >= 0.3 is 5.54 Å². The maximum Gasteiger partial charge on any atom is 0.384 e. The van der Waals surface area contributed by atoms with E-state index in [-0.39, 0.29) is 0 Å². The van der Waals surface area contributed by atoms with Crippen LogP contribution in [0.5, 0.6) is 0 Å². The lowest BCUT2D eigenvalue weighted by atomic mass is 9.93. The van der Waals surface area contributed by atoms with E-state index < -0.39 is 5.54 Å². The standard InChI is InChI=1S/C6H4BCl3/c8-6-4-2-1-3-5(6)7(9)10/h1-4H. The van der Waals surface area contributed by atoms with Crippen molar-refractivity contribution in [2.45, 2.75) is 0 Å². The van der Waals surface area contributed by atoms with Gasteiger partial charge in [0.25, 0.3) is 0 Å². The average molecular weight is 193 g/mol. The average Bonchev–Trinajstić information content (AvgIpc) is 1.88. The first-order chi connectivity index (χ1) is 4.72. The lowest BCUT2D eigenvalue weighted by Gasteiger charge is -1.98. The highest BCUT2D eigenvalue weighted by molar-refractivity contribution is 7.39. The van der Waals surface area contributed by atoms with E-state index in [0.29, 0.717) is 5.02 Å². The van der Waals surface area contributed by atoms with Gasteiger partial charge in [0.15, 0.2) is 0 Å². The molecule has 1 aromatic carbocycles. The van der Waals surface area contributed by atoms with Crippen LogP contribution in [0.1, 0.15) is 0 Å². The summed E-state index contributed by atoms with van der Waals surface area (Å²) in [5.74, 6) is 0. The van der Waals surface area contributed by atoms with E-state index in [4.69, 9.17) is 34.5 Å². The topological polar surface area (TPSA) is 0 Å². The van der Waals surface area contributed by atoms with Gasteiger partial charge in [0.05, 0.1) is 0 Å². The Morgan fingerprint density at radius 3 is 2.10 bits per heavy atom. The number of hydrogen-bond donors (Lipinski definition) is 0. The molecule has 1 rings (SSSR count). The minimum atomic E-state index is -0.534. The zero-order chi connectivity index (χ0) is 7.56. The minimum absolute atomic E-state index is 0.534. The molecule has 0 atom stereocenters. The van der Waals surface area contributed by atoms with Crippen LogP contribution in [0.15, 0.2) is 24.3 Å². The van der Waals surface area contributed by atoms with E-state index in [2.05, 4.69) is 0 Å². The van der Waals surface area contributed by atoms with Gasteiger partial charge in [-0.05, 0) is 11.5 Å². The second-order valence-electron chi connectivity index (χ2n) is 1.82. The number of hydrogen-bond acceptors (Lipinski definition) is 0. The maximum atomic E-state index is 5.75. The molecule has 0 saturated heterocycles. The van der Waals surface area contributed by atoms with Gasteiger partial charge in [0.2, 0.25) is 0 Å². The fourth-order valence-corrected chi connectivity index (χ4v) is 1.39. The fourth-order valence-electron chi connectivity index (χ4n) is 0.652. The van der Waals surface area contributed by atoms with Crippen LogP contribution in [-0.2, 0) is 0 Å². The molecule has 0 bridgehead atoms. The molecule has 4 heteroatoms. The van der Waals surface area contributed by atoms with Crippen molar-refractivity contribution >= 4 is 45.5 Å². The van der Waals surface area contributed by atoms with Gasteiger partial charge in [-0.3, -0.25) is 0 Å². The molecule has 0 aliphatic rings.